The van der Waals surface area contributed by atoms with Gasteiger partial charge in [0.15, 0.2) is 0 Å². The second-order valence-electron chi connectivity index (χ2n) is 8.70. The standard InChI is InChI=1S/C26H29N3O5S2/c1-18-8-12-22(13-9-18)16-35(31,32)26(36(33,34)17-23-14-10-19(2)11-15-23)29-28-25(30)27-24-20(3)6-5-7-21(24)4/h5-15H,16-17H2,1-4H3,(H2,27,28,30). The number of carbonyl (C=O) groups is 1. The molecule has 3 aromatic carbocycles. The molecule has 0 bridgehead atoms. The maximum atomic E-state index is 13.3. The van der Waals surface area contributed by atoms with E-state index < -0.39 is 41.6 Å². The summed E-state index contributed by atoms with van der Waals surface area (Å²) in [6.07, 6.45) is 0. The average Bonchev–Trinajstić information content (AvgIpc) is 2.79. The van der Waals surface area contributed by atoms with Crippen molar-refractivity contribution < 1.29 is 21.6 Å². The molecule has 0 spiro atoms. The van der Waals surface area contributed by atoms with Crippen LogP contribution in [-0.2, 0) is 31.2 Å². The van der Waals surface area contributed by atoms with Crippen LogP contribution in [0.2, 0.25) is 0 Å². The molecular formula is C26H29N3O5S2. The van der Waals surface area contributed by atoms with Gasteiger partial charge in [0, 0.05) is 5.69 Å². The molecule has 0 radical (unpaired) electrons. The molecule has 190 valence electrons. The van der Waals surface area contributed by atoms with Crippen molar-refractivity contribution >= 4 is 35.8 Å². The van der Waals surface area contributed by atoms with Gasteiger partial charge >= 0.3 is 6.03 Å². The third-order valence-corrected chi connectivity index (χ3v) is 9.65. The van der Waals surface area contributed by atoms with Crippen molar-refractivity contribution in [3.63, 3.8) is 0 Å². The fourth-order valence-corrected chi connectivity index (χ4v) is 7.29. The van der Waals surface area contributed by atoms with E-state index in [2.05, 4.69) is 15.8 Å². The molecule has 3 rings (SSSR count). The molecule has 0 saturated carbocycles. The Balaban J connectivity index is 1.94. The quantitative estimate of drug-likeness (QED) is 0.277. The molecule has 0 fully saturated rings. The first kappa shape index (κ1) is 27.1. The number of hydrazone groups is 1. The number of carbonyl (C=O) groups excluding carboxylic acids is 1. The molecule has 8 nitrogen and oxygen atoms in total. The zero-order valence-electron chi connectivity index (χ0n) is 20.6. The third kappa shape index (κ3) is 7.02. The minimum absolute atomic E-state index is 0.402. The van der Waals surface area contributed by atoms with Crippen LogP contribution in [0.25, 0.3) is 0 Å². The summed E-state index contributed by atoms with van der Waals surface area (Å²) in [4.78, 5) is 12.5. The number of sulfone groups is 2. The lowest BCUT2D eigenvalue weighted by Gasteiger charge is -2.13. The van der Waals surface area contributed by atoms with Crippen LogP contribution in [0.15, 0.2) is 71.8 Å². The van der Waals surface area contributed by atoms with Gasteiger partial charge in [-0.05, 0) is 49.9 Å². The van der Waals surface area contributed by atoms with Crippen LogP contribution in [0.3, 0.4) is 0 Å². The molecule has 0 aromatic heterocycles. The van der Waals surface area contributed by atoms with Crippen LogP contribution in [0.5, 0.6) is 0 Å². The van der Waals surface area contributed by atoms with Gasteiger partial charge in [-0.15, -0.1) is 5.10 Å². The van der Waals surface area contributed by atoms with E-state index in [1.54, 1.807) is 74.5 Å². The summed E-state index contributed by atoms with van der Waals surface area (Å²) in [6, 6.07) is 18.0. The van der Waals surface area contributed by atoms with E-state index in [0.717, 1.165) is 22.3 Å². The number of hydrogen-bond donors (Lipinski definition) is 2. The van der Waals surface area contributed by atoms with Crippen LogP contribution in [0.1, 0.15) is 33.4 Å². The van der Waals surface area contributed by atoms with E-state index in [9.17, 15) is 21.6 Å². The molecule has 0 aliphatic heterocycles. The van der Waals surface area contributed by atoms with Gasteiger partial charge in [-0.1, -0.05) is 77.9 Å². The van der Waals surface area contributed by atoms with E-state index in [1.165, 1.54) is 0 Å². The Morgan fingerprint density at radius 1 is 0.694 bits per heavy atom. The summed E-state index contributed by atoms with van der Waals surface area (Å²) in [5.74, 6) is -1.17. The van der Waals surface area contributed by atoms with Gasteiger partial charge in [-0.3, -0.25) is 0 Å². The largest absolute Gasteiger partial charge is 0.339 e. The van der Waals surface area contributed by atoms with Gasteiger partial charge in [-0.2, -0.15) is 0 Å². The van der Waals surface area contributed by atoms with Crippen LogP contribution < -0.4 is 10.7 Å². The normalized spacial score (nSPS) is 11.6. The zero-order chi connectivity index (χ0) is 26.5. The van der Waals surface area contributed by atoms with Gasteiger partial charge in [-0.25, -0.2) is 27.1 Å². The number of rotatable bonds is 6. The van der Waals surface area contributed by atoms with E-state index in [-0.39, 0.29) is 0 Å². The van der Waals surface area contributed by atoms with E-state index >= 15 is 0 Å². The van der Waals surface area contributed by atoms with Crippen molar-refractivity contribution in [3.8, 4) is 0 Å². The summed E-state index contributed by atoms with van der Waals surface area (Å²) in [5, 5.41) is 6.23. The summed E-state index contributed by atoms with van der Waals surface area (Å²) < 4.78 is 52.0. The second kappa shape index (κ2) is 11.0. The smallest absolute Gasteiger partial charge is 0.306 e. The predicted octanol–water partition coefficient (Wildman–Crippen LogP) is 4.54. The first-order valence-corrected chi connectivity index (χ1v) is 14.5. The van der Waals surface area contributed by atoms with Crippen LogP contribution in [0, 0.1) is 27.7 Å². The maximum Gasteiger partial charge on any atom is 0.339 e. The fraction of sp³-hybridized carbons (Fsp3) is 0.231. The van der Waals surface area contributed by atoms with E-state index in [4.69, 9.17) is 0 Å². The molecular weight excluding hydrogens is 498 g/mol. The van der Waals surface area contributed by atoms with Crippen LogP contribution >= 0.6 is 0 Å². The molecule has 2 amide bonds. The number of hydrogen-bond acceptors (Lipinski definition) is 6. The summed E-state index contributed by atoms with van der Waals surface area (Å²) in [7, 11) is -8.88. The highest BCUT2D eigenvalue weighted by Gasteiger charge is 2.34. The third-order valence-electron chi connectivity index (χ3n) is 5.46. The summed E-state index contributed by atoms with van der Waals surface area (Å²) in [5.41, 5.74) is 6.83. The Morgan fingerprint density at radius 2 is 1.11 bits per heavy atom. The lowest BCUT2D eigenvalue weighted by Crippen LogP contribution is -2.33. The fourth-order valence-electron chi connectivity index (χ4n) is 3.51. The number of aryl methyl sites for hydroxylation is 4. The Hall–Kier alpha value is -3.50. The van der Waals surface area contributed by atoms with Crippen LogP contribution in [-0.4, -0.2) is 27.2 Å². The summed E-state index contributed by atoms with van der Waals surface area (Å²) >= 11 is 0. The second-order valence-corrected chi connectivity index (χ2v) is 12.8. The van der Waals surface area contributed by atoms with Gasteiger partial charge < -0.3 is 5.32 Å². The van der Waals surface area contributed by atoms with Crippen molar-refractivity contribution in [1.29, 1.82) is 0 Å². The minimum Gasteiger partial charge on any atom is -0.306 e. The highest BCUT2D eigenvalue weighted by atomic mass is 32.3. The van der Waals surface area contributed by atoms with Gasteiger partial charge in [0.05, 0.1) is 11.5 Å². The van der Waals surface area contributed by atoms with Crippen LogP contribution in [0.4, 0.5) is 10.5 Å². The van der Waals surface area contributed by atoms with Crippen molar-refractivity contribution in [2.24, 2.45) is 5.10 Å². The van der Waals surface area contributed by atoms with Crippen molar-refractivity contribution in [2.75, 3.05) is 5.32 Å². The highest BCUT2D eigenvalue weighted by Crippen LogP contribution is 2.20. The molecule has 0 heterocycles. The lowest BCUT2D eigenvalue weighted by molar-refractivity contribution is 0.252. The maximum absolute atomic E-state index is 13.3. The predicted molar refractivity (Wildman–Crippen MR) is 143 cm³/mol. The zero-order valence-corrected chi connectivity index (χ0v) is 22.2. The number of amides is 2. The SMILES string of the molecule is Cc1ccc(CS(=O)(=O)C(=NNC(=O)Nc2c(C)cccc2C)S(=O)(=O)Cc2ccc(C)cc2)cc1. The van der Waals surface area contributed by atoms with Crippen molar-refractivity contribution in [1.82, 2.24) is 5.43 Å². The number of anilines is 1. The Kier molecular flexibility index (Phi) is 8.31. The number of benzene rings is 3. The highest BCUT2D eigenvalue weighted by molar-refractivity contribution is 8.30. The summed E-state index contributed by atoms with van der Waals surface area (Å²) in [6.45, 7) is 7.32. The number of nitrogens with zero attached hydrogens (tertiary/aromatic N) is 1. The molecule has 0 atom stereocenters. The molecule has 0 unspecified atom stereocenters. The van der Waals surface area contributed by atoms with Gasteiger partial charge in [0.2, 0.25) is 19.7 Å². The molecule has 0 aliphatic rings. The topological polar surface area (TPSA) is 122 Å². The Labute approximate surface area is 212 Å². The molecule has 0 saturated heterocycles. The van der Waals surface area contributed by atoms with Crippen molar-refractivity contribution in [2.45, 2.75) is 39.2 Å². The minimum atomic E-state index is -4.44. The van der Waals surface area contributed by atoms with Gasteiger partial charge in [0.25, 0.3) is 4.38 Å². The number of nitrogens with one attached hydrogen (secondary N) is 2. The molecule has 2 N–H and O–H groups in total. The number of para-hydroxylation sites is 1. The molecule has 10 heteroatoms. The first-order valence-electron chi connectivity index (χ1n) is 11.1. The number of urea groups is 1. The lowest BCUT2D eigenvalue weighted by atomic mass is 10.1. The Morgan fingerprint density at radius 3 is 1.53 bits per heavy atom. The molecule has 36 heavy (non-hydrogen) atoms. The molecule has 0 aliphatic carbocycles. The van der Waals surface area contributed by atoms with Crippen molar-refractivity contribution in [3.05, 3.63) is 100 Å². The van der Waals surface area contributed by atoms with Gasteiger partial charge in [0.1, 0.15) is 0 Å². The Bertz CT molecular complexity index is 1390. The first-order chi connectivity index (χ1) is 16.9. The monoisotopic (exact) mass is 527 g/mol. The van der Waals surface area contributed by atoms with E-state index in [0.29, 0.717) is 16.8 Å². The van der Waals surface area contributed by atoms with E-state index in [1.807, 2.05) is 19.9 Å². The average molecular weight is 528 g/mol. The molecule has 3 aromatic rings.